The van der Waals surface area contributed by atoms with Crippen LogP contribution in [0.5, 0.6) is 0 Å². The number of methoxy groups -OCH3 is 1. The molecule has 1 aliphatic rings. The van der Waals surface area contributed by atoms with Crippen LogP contribution >= 0.6 is 0 Å². The van der Waals surface area contributed by atoms with Gasteiger partial charge in [-0.3, -0.25) is 0 Å². The van der Waals surface area contributed by atoms with E-state index >= 15 is 0 Å². The Morgan fingerprint density at radius 3 is 2.24 bits per heavy atom. The lowest BCUT2D eigenvalue weighted by Gasteiger charge is -2.48. The maximum Gasteiger partial charge on any atom is 0.201 e. The van der Waals surface area contributed by atoms with Crippen molar-refractivity contribution in [3.63, 3.8) is 0 Å². The first-order valence-corrected chi connectivity index (χ1v) is 11.4. The molecule has 1 aromatic heterocycles. The molecule has 1 aromatic rings. The third kappa shape index (κ3) is 3.85. The van der Waals surface area contributed by atoms with Crippen LogP contribution in [-0.2, 0) is 13.9 Å². The van der Waals surface area contributed by atoms with Gasteiger partial charge in [-0.05, 0) is 16.6 Å². The number of aromatic amines is 1. The van der Waals surface area contributed by atoms with Crippen molar-refractivity contribution in [1.82, 2.24) is 9.97 Å². The van der Waals surface area contributed by atoms with Crippen LogP contribution in [0.4, 0.5) is 0 Å². The van der Waals surface area contributed by atoms with Gasteiger partial charge in [-0.1, -0.05) is 41.5 Å². The largest absolute Gasteiger partial charge is 0.405 e. The number of imidazole rings is 1. The summed E-state index contributed by atoms with van der Waals surface area (Å²) in [5, 5.41) is 11.1. The fraction of sp³-hybridized carbons (Fsp3) is 0.833. The second-order valence-electron chi connectivity index (χ2n) is 7.91. The minimum Gasteiger partial charge on any atom is -0.405 e. The summed E-state index contributed by atoms with van der Waals surface area (Å²) in [6, 6.07) is 0. The monoisotopic (exact) mass is 370 g/mol. The molecule has 0 amide bonds. The molecule has 0 radical (unpaired) electrons. The van der Waals surface area contributed by atoms with Crippen LogP contribution in [0.15, 0.2) is 12.4 Å². The Balaban J connectivity index is 2.34. The SMILES string of the molecule is CO[C@H]1OC[C@@H](c2ncc[nH]2)[C@H](O)[C@@H]1O[Si](C(C)C)(C(C)C)C(C)C. The van der Waals surface area contributed by atoms with E-state index in [0.717, 1.165) is 5.82 Å². The van der Waals surface area contributed by atoms with Gasteiger partial charge in [0.2, 0.25) is 8.32 Å². The molecule has 2 heterocycles. The average Bonchev–Trinajstić information content (AvgIpc) is 3.06. The van der Waals surface area contributed by atoms with E-state index in [9.17, 15) is 5.11 Å². The molecule has 0 aliphatic carbocycles. The van der Waals surface area contributed by atoms with E-state index in [1.54, 1.807) is 19.5 Å². The molecule has 0 saturated carbocycles. The van der Waals surface area contributed by atoms with Crippen LogP contribution in [0.2, 0.25) is 16.6 Å². The summed E-state index contributed by atoms with van der Waals surface area (Å²) in [6.45, 7) is 13.7. The zero-order valence-corrected chi connectivity index (χ0v) is 17.5. The third-order valence-electron chi connectivity index (χ3n) is 5.61. The number of hydrogen-bond donors (Lipinski definition) is 2. The maximum absolute atomic E-state index is 11.1. The number of aromatic nitrogens is 2. The molecule has 25 heavy (non-hydrogen) atoms. The number of ether oxygens (including phenoxy) is 2. The topological polar surface area (TPSA) is 76.6 Å². The molecule has 2 N–H and O–H groups in total. The molecule has 6 nitrogen and oxygen atoms in total. The normalized spacial score (nSPS) is 28.3. The van der Waals surface area contributed by atoms with Crippen LogP contribution in [0.3, 0.4) is 0 Å². The van der Waals surface area contributed by atoms with Gasteiger partial charge in [-0.25, -0.2) is 4.98 Å². The lowest BCUT2D eigenvalue weighted by atomic mass is 9.95. The summed E-state index contributed by atoms with van der Waals surface area (Å²) in [6.07, 6.45) is 1.64. The third-order valence-corrected chi connectivity index (χ3v) is 11.7. The summed E-state index contributed by atoms with van der Waals surface area (Å²) in [5.74, 6) is 0.478. The molecule has 2 rings (SSSR count). The van der Waals surface area contributed by atoms with Gasteiger partial charge in [-0.2, -0.15) is 0 Å². The lowest BCUT2D eigenvalue weighted by Crippen LogP contribution is -2.59. The second-order valence-corrected chi connectivity index (χ2v) is 13.3. The predicted octanol–water partition coefficient (Wildman–Crippen LogP) is 3.42. The number of nitrogens with zero attached hydrogens (tertiary/aromatic N) is 1. The van der Waals surface area contributed by atoms with E-state index in [1.165, 1.54) is 0 Å². The van der Waals surface area contributed by atoms with Crippen LogP contribution in [0.1, 0.15) is 53.3 Å². The molecule has 0 aromatic carbocycles. The van der Waals surface area contributed by atoms with Crippen molar-refractivity contribution in [3.05, 3.63) is 18.2 Å². The minimum absolute atomic E-state index is 0.246. The van der Waals surface area contributed by atoms with E-state index in [-0.39, 0.29) is 5.92 Å². The Hall–Kier alpha value is -0.733. The molecule has 0 spiro atoms. The summed E-state index contributed by atoms with van der Waals surface area (Å²) in [7, 11) is -0.578. The highest BCUT2D eigenvalue weighted by Gasteiger charge is 2.52. The van der Waals surface area contributed by atoms with E-state index < -0.39 is 26.8 Å². The van der Waals surface area contributed by atoms with E-state index in [4.69, 9.17) is 13.9 Å². The number of nitrogens with one attached hydrogen (secondary N) is 1. The second kappa shape index (κ2) is 8.31. The van der Waals surface area contributed by atoms with E-state index in [0.29, 0.717) is 23.2 Å². The number of aliphatic hydroxyl groups is 1. The van der Waals surface area contributed by atoms with Gasteiger partial charge in [-0.15, -0.1) is 0 Å². The highest BCUT2D eigenvalue weighted by Crippen LogP contribution is 2.45. The van der Waals surface area contributed by atoms with E-state index in [1.807, 2.05) is 0 Å². The summed E-state index contributed by atoms with van der Waals surface area (Å²) in [5.41, 5.74) is 1.25. The van der Waals surface area contributed by atoms with Gasteiger partial charge in [0.25, 0.3) is 0 Å². The van der Waals surface area contributed by atoms with Gasteiger partial charge in [0.1, 0.15) is 11.9 Å². The van der Waals surface area contributed by atoms with Crippen molar-refractivity contribution in [2.24, 2.45) is 0 Å². The minimum atomic E-state index is -2.18. The predicted molar refractivity (Wildman–Crippen MR) is 100 cm³/mol. The van der Waals surface area contributed by atoms with Gasteiger partial charge >= 0.3 is 0 Å². The van der Waals surface area contributed by atoms with Gasteiger partial charge in [0.05, 0.1) is 18.6 Å². The fourth-order valence-corrected chi connectivity index (χ4v) is 10.0. The van der Waals surface area contributed by atoms with Gasteiger partial charge in [0.15, 0.2) is 6.29 Å². The molecule has 0 bridgehead atoms. The van der Waals surface area contributed by atoms with Crippen molar-refractivity contribution >= 4 is 8.32 Å². The Bertz CT molecular complexity index is 499. The highest BCUT2D eigenvalue weighted by molar-refractivity contribution is 6.77. The van der Waals surface area contributed by atoms with Crippen molar-refractivity contribution in [3.8, 4) is 0 Å². The molecule has 144 valence electrons. The first kappa shape index (κ1) is 20.6. The van der Waals surface area contributed by atoms with Gasteiger partial charge < -0.3 is 24.0 Å². The number of H-pyrrole nitrogens is 1. The molecular formula is C18H34N2O4Si. The zero-order valence-electron chi connectivity index (χ0n) is 16.5. The zero-order chi connectivity index (χ0) is 18.8. The van der Waals surface area contributed by atoms with Crippen molar-refractivity contribution in [1.29, 1.82) is 0 Å². The molecule has 1 aliphatic heterocycles. The molecule has 1 saturated heterocycles. The number of hydrogen-bond acceptors (Lipinski definition) is 5. The Morgan fingerprint density at radius 2 is 1.80 bits per heavy atom. The Morgan fingerprint density at radius 1 is 1.20 bits per heavy atom. The van der Waals surface area contributed by atoms with Crippen LogP contribution in [0, 0.1) is 0 Å². The lowest BCUT2D eigenvalue weighted by molar-refractivity contribution is -0.235. The van der Waals surface area contributed by atoms with Crippen molar-refractivity contribution in [2.75, 3.05) is 13.7 Å². The maximum atomic E-state index is 11.1. The highest BCUT2D eigenvalue weighted by atomic mass is 28.4. The molecule has 1 fully saturated rings. The number of rotatable bonds is 7. The summed E-state index contributed by atoms with van der Waals surface area (Å²) >= 11 is 0. The first-order valence-electron chi connectivity index (χ1n) is 9.25. The van der Waals surface area contributed by atoms with Crippen LogP contribution < -0.4 is 0 Å². The quantitative estimate of drug-likeness (QED) is 0.719. The summed E-state index contributed by atoms with van der Waals surface area (Å²) in [4.78, 5) is 7.38. The fourth-order valence-electron chi connectivity index (χ4n) is 4.47. The van der Waals surface area contributed by atoms with Crippen LogP contribution in [-0.4, -0.2) is 55.6 Å². The smallest absolute Gasteiger partial charge is 0.201 e. The number of aliphatic hydroxyl groups excluding tert-OH is 1. The van der Waals surface area contributed by atoms with Crippen LogP contribution in [0.25, 0.3) is 0 Å². The standard InChI is InChI=1S/C18H34N2O4Si/c1-11(2)25(12(3)4,13(5)6)24-16-15(21)14(10-23-18(16)22-7)17-19-8-9-20-17/h8-9,11-16,18,21H,10H2,1-7H3,(H,19,20)/t14-,15+,16+,18+/m1/s1. The van der Waals surface area contributed by atoms with Gasteiger partial charge in [0, 0.05) is 19.5 Å². The molecule has 7 heteroatoms. The Labute approximate surface area is 152 Å². The Kier molecular flexibility index (Phi) is 6.84. The van der Waals surface area contributed by atoms with E-state index in [2.05, 4.69) is 51.5 Å². The molecule has 0 unspecified atom stereocenters. The van der Waals surface area contributed by atoms with Crippen molar-refractivity contribution in [2.45, 2.75) is 82.6 Å². The molecule has 4 atom stereocenters. The molecular weight excluding hydrogens is 336 g/mol. The van der Waals surface area contributed by atoms with Crippen molar-refractivity contribution < 1.29 is 19.0 Å². The first-order chi connectivity index (χ1) is 11.8. The summed E-state index contributed by atoms with van der Waals surface area (Å²) < 4.78 is 18.2. The average molecular weight is 371 g/mol.